The van der Waals surface area contributed by atoms with Crippen LogP contribution in [0.5, 0.6) is 0 Å². The van der Waals surface area contributed by atoms with Gasteiger partial charge in [-0.3, -0.25) is 9.69 Å². The number of nitrogens with one attached hydrogen (secondary N) is 1. The van der Waals surface area contributed by atoms with Crippen molar-refractivity contribution >= 4 is 11.6 Å². The summed E-state index contributed by atoms with van der Waals surface area (Å²) in [4.78, 5) is 16.7. The van der Waals surface area contributed by atoms with Crippen molar-refractivity contribution in [3.05, 3.63) is 65.7 Å². The Labute approximate surface area is 145 Å². The van der Waals surface area contributed by atoms with Crippen molar-refractivity contribution in [1.82, 2.24) is 9.80 Å². The molecular weight excluding hydrogens is 298 g/mol. The van der Waals surface area contributed by atoms with Gasteiger partial charge in [0.05, 0.1) is 6.04 Å². The van der Waals surface area contributed by atoms with Crippen LogP contribution in [0.3, 0.4) is 0 Å². The fourth-order valence-corrected chi connectivity index (χ4v) is 2.63. The average molecular weight is 325 g/mol. The number of benzene rings is 2. The lowest BCUT2D eigenvalue weighted by molar-refractivity contribution is -0.120. The molecule has 0 aliphatic carbocycles. The third-order valence-electron chi connectivity index (χ3n) is 3.92. The van der Waals surface area contributed by atoms with E-state index in [1.807, 2.05) is 63.4 Å². The molecule has 2 aromatic rings. The molecule has 0 saturated heterocycles. The molecule has 24 heavy (non-hydrogen) atoms. The molecule has 128 valence electrons. The lowest BCUT2D eigenvalue weighted by Gasteiger charge is -2.23. The molecule has 4 heteroatoms. The number of carbonyl (C=O) groups is 1. The number of anilines is 1. The van der Waals surface area contributed by atoms with Crippen LogP contribution in [-0.4, -0.2) is 49.9 Å². The number of likely N-dealkylation sites (N-methyl/N-ethyl adjacent to an activating group) is 1. The minimum absolute atomic E-state index is 0.0178. The van der Waals surface area contributed by atoms with Crippen LogP contribution >= 0.6 is 0 Å². The molecule has 0 saturated carbocycles. The molecule has 0 aliphatic rings. The Kier molecular flexibility index (Phi) is 6.53. The first kappa shape index (κ1) is 18.2. The first-order valence-electron chi connectivity index (χ1n) is 8.20. The molecule has 2 rings (SSSR count). The van der Waals surface area contributed by atoms with E-state index < -0.39 is 0 Å². The first-order valence-corrected chi connectivity index (χ1v) is 8.20. The molecule has 0 aromatic heterocycles. The van der Waals surface area contributed by atoms with Crippen LogP contribution in [0.15, 0.2) is 54.6 Å². The highest BCUT2D eigenvalue weighted by Gasteiger charge is 2.21. The van der Waals surface area contributed by atoms with E-state index in [0.717, 1.165) is 17.8 Å². The van der Waals surface area contributed by atoms with Crippen molar-refractivity contribution in [2.75, 3.05) is 33.5 Å². The zero-order valence-electron chi connectivity index (χ0n) is 15.0. The molecule has 1 amide bonds. The van der Waals surface area contributed by atoms with Crippen LogP contribution in [0.1, 0.15) is 11.1 Å². The minimum Gasteiger partial charge on any atom is -0.325 e. The summed E-state index contributed by atoms with van der Waals surface area (Å²) in [5.74, 6) is 0.0178. The number of hydrogen-bond donors (Lipinski definition) is 1. The van der Waals surface area contributed by atoms with E-state index in [4.69, 9.17) is 0 Å². The Morgan fingerprint density at radius 2 is 1.54 bits per heavy atom. The summed E-state index contributed by atoms with van der Waals surface area (Å²) in [6.45, 7) is 0.891. The second-order valence-electron chi connectivity index (χ2n) is 6.59. The van der Waals surface area contributed by atoms with Gasteiger partial charge in [-0.1, -0.05) is 42.5 Å². The summed E-state index contributed by atoms with van der Waals surface area (Å²) in [7, 11) is 7.96. The second-order valence-corrected chi connectivity index (χ2v) is 6.59. The Morgan fingerprint density at radius 1 is 0.917 bits per heavy atom. The van der Waals surface area contributed by atoms with Crippen molar-refractivity contribution in [2.24, 2.45) is 0 Å². The highest BCUT2D eigenvalue weighted by molar-refractivity contribution is 5.95. The second kappa shape index (κ2) is 8.62. The normalized spacial score (nSPS) is 12.4. The van der Waals surface area contributed by atoms with Gasteiger partial charge in [0, 0.05) is 12.2 Å². The Balaban J connectivity index is 2.02. The molecule has 0 bridgehead atoms. The molecule has 1 unspecified atom stereocenters. The van der Waals surface area contributed by atoms with Crippen LogP contribution < -0.4 is 5.32 Å². The van der Waals surface area contributed by atoms with E-state index in [1.165, 1.54) is 5.56 Å². The summed E-state index contributed by atoms with van der Waals surface area (Å²) < 4.78 is 0. The highest BCUT2D eigenvalue weighted by atomic mass is 16.2. The Morgan fingerprint density at radius 3 is 2.08 bits per heavy atom. The molecule has 1 atom stereocenters. The molecule has 0 aliphatic heterocycles. The van der Waals surface area contributed by atoms with Crippen LogP contribution in [0, 0.1) is 0 Å². The summed E-state index contributed by atoms with van der Waals surface area (Å²) in [5, 5.41) is 3.03. The van der Waals surface area contributed by atoms with E-state index in [9.17, 15) is 4.79 Å². The zero-order chi connectivity index (χ0) is 17.5. The van der Waals surface area contributed by atoms with Crippen molar-refractivity contribution < 1.29 is 4.79 Å². The summed E-state index contributed by atoms with van der Waals surface area (Å²) in [6, 6.07) is 17.9. The van der Waals surface area contributed by atoms with Crippen molar-refractivity contribution in [1.29, 1.82) is 0 Å². The van der Waals surface area contributed by atoms with Crippen LogP contribution in [-0.2, 0) is 17.8 Å². The van der Waals surface area contributed by atoms with Gasteiger partial charge in [0.1, 0.15) is 0 Å². The van der Waals surface area contributed by atoms with Crippen LogP contribution in [0.4, 0.5) is 5.69 Å². The van der Waals surface area contributed by atoms with E-state index >= 15 is 0 Å². The van der Waals surface area contributed by atoms with Gasteiger partial charge in [-0.2, -0.15) is 0 Å². The largest absolute Gasteiger partial charge is 0.325 e. The maximum Gasteiger partial charge on any atom is 0.242 e. The van der Waals surface area contributed by atoms with E-state index in [-0.39, 0.29) is 11.9 Å². The van der Waals surface area contributed by atoms with Gasteiger partial charge in [-0.15, -0.1) is 0 Å². The number of nitrogens with zero attached hydrogens (tertiary/aromatic N) is 2. The predicted octanol–water partition coefficient (Wildman–Crippen LogP) is 2.86. The Bertz CT molecular complexity index is 636. The van der Waals surface area contributed by atoms with Crippen molar-refractivity contribution in [3.63, 3.8) is 0 Å². The fraction of sp³-hybridized carbons (Fsp3) is 0.350. The van der Waals surface area contributed by atoms with Crippen molar-refractivity contribution in [3.8, 4) is 0 Å². The van der Waals surface area contributed by atoms with Crippen molar-refractivity contribution in [2.45, 2.75) is 19.0 Å². The zero-order valence-corrected chi connectivity index (χ0v) is 15.0. The maximum absolute atomic E-state index is 12.7. The molecular formula is C20H27N3O. The van der Waals surface area contributed by atoms with Gasteiger partial charge in [-0.25, -0.2) is 0 Å². The van der Waals surface area contributed by atoms with E-state index in [1.54, 1.807) is 0 Å². The number of hydrogen-bond acceptors (Lipinski definition) is 3. The molecule has 1 N–H and O–H groups in total. The monoisotopic (exact) mass is 325 g/mol. The minimum atomic E-state index is -0.200. The lowest BCUT2D eigenvalue weighted by atomic mass is 10.0. The molecule has 2 aromatic carbocycles. The van der Waals surface area contributed by atoms with Crippen LogP contribution in [0.2, 0.25) is 0 Å². The first-order chi connectivity index (χ1) is 11.5. The molecule has 0 heterocycles. The predicted molar refractivity (Wildman–Crippen MR) is 100 cm³/mol. The number of carbonyl (C=O) groups excluding carboxylic acids is 1. The van der Waals surface area contributed by atoms with Gasteiger partial charge < -0.3 is 10.2 Å². The summed E-state index contributed by atoms with van der Waals surface area (Å²) >= 11 is 0. The van der Waals surface area contributed by atoms with E-state index in [2.05, 4.69) is 34.5 Å². The molecule has 0 spiro atoms. The van der Waals surface area contributed by atoms with Gasteiger partial charge in [0.2, 0.25) is 5.91 Å². The third-order valence-corrected chi connectivity index (χ3v) is 3.92. The molecule has 0 radical (unpaired) electrons. The highest BCUT2D eigenvalue weighted by Crippen LogP contribution is 2.13. The topological polar surface area (TPSA) is 35.6 Å². The standard InChI is InChI=1S/C20H27N3O/c1-22(2)15-17-10-12-18(13-11-17)21-20(24)19(23(3)4)14-16-8-6-5-7-9-16/h5-13,19H,14-15H2,1-4H3,(H,21,24). The molecule has 4 nitrogen and oxygen atoms in total. The van der Waals surface area contributed by atoms with Crippen LogP contribution in [0.25, 0.3) is 0 Å². The summed E-state index contributed by atoms with van der Waals surface area (Å²) in [5.41, 5.74) is 3.22. The smallest absolute Gasteiger partial charge is 0.242 e. The maximum atomic E-state index is 12.7. The van der Waals surface area contributed by atoms with Gasteiger partial charge in [0.15, 0.2) is 0 Å². The van der Waals surface area contributed by atoms with Gasteiger partial charge >= 0.3 is 0 Å². The SMILES string of the molecule is CN(C)Cc1ccc(NC(=O)C(Cc2ccccc2)N(C)C)cc1. The van der Waals surface area contributed by atoms with Gasteiger partial charge in [-0.05, 0) is 57.9 Å². The third kappa shape index (κ3) is 5.48. The number of amides is 1. The van der Waals surface area contributed by atoms with E-state index in [0.29, 0.717) is 6.42 Å². The fourth-order valence-electron chi connectivity index (χ4n) is 2.63. The summed E-state index contributed by atoms with van der Waals surface area (Å²) in [6.07, 6.45) is 0.693. The quantitative estimate of drug-likeness (QED) is 0.850. The van der Waals surface area contributed by atoms with Gasteiger partial charge in [0.25, 0.3) is 0 Å². The average Bonchev–Trinajstić information content (AvgIpc) is 2.54. The molecule has 0 fully saturated rings. The lowest BCUT2D eigenvalue weighted by Crippen LogP contribution is -2.41. The number of rotatable bonds is 7. The Hall–Kier alpha value is -2.17.